The summed E-state index contributed by atoms with van der Waals surface area (Å²) in [5.41, 5.74) is 2.29. The number of rotatable bonds is 13. The number of aromatic nitrogens is 2. The van der Waals surface area contributed by atoms with Crippen molar-refractivity contribution >= 4 is 18.3 Å². The van der Waals surface area contributed by atoms with Gasteiger partial charge < -0.3 is 15.2 Å². The summed E-state index contributed by atoms with van der Waals surface area (Å²) in [6.45, 7) is 3.43. The fourth-order valence-electron chi connectivity index (χ4n) is 4.27. The minimum absolute atomic E-state index is 0. The predicted octanol–water partition coefficient (Wildman–Crippen LogP) is 5.99. The van der Waals surface area contributed by atoms with E-state index < -0.39 is 0 Å². The van der Waals surface area contributed by atoms with Gasteiger partial charge in [-0.1, -0.05) is 94.1 Å². The Kier molecular flexibility index (Phi) is 13.1. The molecule has 2 N–H and O–H groups in total. The van der Waals surface area contributed by atoms with E-state index in [1.807, 2.05) is 0 Å². The summed E-state index contributed by atoms with van der Waals surface area (Å²) >= 11 is 0. The summed E-state index contributed by atoms with van der Waals surface area (Å²) in [6, 6.07) is 8.32. The number of nitrogens with zero attached hydrogens (tertiary/aromatic N) is 2. The van der Waals surface area contributed by atoms with Crippen LogP contribution in [0.2, 0.25) is 0 Å². The lowest BCUT2D eigenvalue weighted by molar-refractivity contribution is -0.123. The van der Waals surface area contributed by atoms with E-state index in [-0.39, 0.29) is 30.9 Å². The highest BCUT2D eigenvalue weighted by Crippen LogP contribution is 2.18. The van der Waals surface area contributed by atoms with Crippen molar-refractivity contribution in [1.29, 1.82) is 0 Å². The number of amides is 1. The average molecular weight is 477 g/mol. The zero-order chi connectivity index (χ0) is 22.4. The van der Waals surface area contributed by atoms with Gasteiger partial charge >= 0.3 is 0 Å². The molecule has 1 fully saturated rings. The largest absolute Gasteiger partial charge is 0.346 e. The summed E-state index contributed by atoms with van der Waals surface area (Å²) < 4.78 is 5.34. The molecule has 1 unspecified atom stereocenters. The minimum atomic E-state index is -0.117. The van der Waals surface area contributed by atoms with E-state index in [9.17, 15) is 4.79 Å². The van der Waals surface area contributed by atoms with Crippen molar-refractivity contribution in [3.63, 3.8) is 0 Å². The second-order valence-electron chi connectivity index (χ2n) is 9.01. The van der Waals surface area contributed by atoms with E-state index >= 15 is 0 Å². The van der Waals surface area contributed by atoms with E-state index in [1.54, 1.807) is 0 Å². The van der Waals surface area contributed by atoms with Crippen molar-refractivity contribution in [2.24, 2.45) is 0 Å². The number of carbonyl (C=O) groups is 1. The van der Waals surface area contributed by atoms with Gasteiger partial charge in [-0.25, -0.2) is 0 Å². The number of halogens is 1. The summed E-state index contributed by atoms with van der Waals surface area (Å²) in [6.07, 6.45) is 16.1. The monoisotopic (exact) mass is 476 g/mol. The highest BCUT2D eigenvalue weighted by molar-refractivity contribution is 5.85. The maximum absolute atomic E-state index is 12.4. The van der Waals surface area contributed by atoms with Crippen LogP contribution in [0.5, 0.6) is 0 Å². The molecule has 0 aliphatic carbocycles. The van der Waals surface area contributed by atoms with E-state index in [4.69, 9.17) is 4.52 Å². The third-order valence-corrected chi connectivity index (χ3v) is 6.29. The van der Waals surface area contributed by atoms with E-state index in [2.05, 4.69) is 52.0 Å². The van der Waals surface area contributed by atoms with Crippen LogP contribution >= 0.6 is 12.4 Å². The summed E-state index contributed by atoms with van der Waals surface area (Å²) in [5.74, 6) is 1.02. The van der Waals surface area contributed by atoms with Gasteiger partial charge in [0, 0.05) is 5.56 Å². The highest BCUT2D eigenvalue weighted by Gasteiger charge is 2.20. The number of nitrogens with one attached hydrogen (secondary N) is 2. The van der Waals surface area contributed by atoms with Crippen LogP contribution in [0.25, 0.3) is 11.4 Å². The third kappa shape index (κ3) is 9.85. The van der Waals surface area contributed by atoms with E-state index in [0.717, 1.165) is 37.8 Å². The molecule has 1 aromatic heterocycles. The van der Waals surface area contributed by atoms with Crippen molar-refractivity contribution < 1.29 is 9.32 Å². The van der Waals surface area contributed by atoms with Crippen molar-refractivity contribution in [3.05, 3.63) is 35.7 Å². The molecule has 1 amide bonds. The van der Waals surface area contributed by atoms with Gasteiger partial charge in [0.25, 0.3) is 0 Å². The average Bonchev–Trinajstić information content (AvgIpc) is 3.12. The zero-order valence-corrected chi connectivity index (χ0v) is 20.9. The second kappa shape index (κ2) is 15.8. The molecule has 0 saturated carbocycles. The lowest BCUT2D eigenvalue weighted by atomic mass is 10.0. The Morgan fingerprint density at radius 3 is 2.52 bits per heavy atom. The van der Waals surface area contributed by atoms with Crippen molar-refractivity contribution in [2.45, 2.75) is 103 Å². The molecule has 3 rings (SSSR count). The Morgan fingerprint density at radius 2 is 1.76 bits per heavy atom. The molecule has 1 aromatic carbocycles. The quantitative estimate of drug-likeness (QED) is 0.347. The third-order valence-electron chi connectivity index (χ3n) is 6.29. The van der Waals surface area contributed by atoms with Gasteiger partial charge in [0.2, 0.25) is 17.6 Å². The van der Waals surface area contributed by atoms with Gasteiger partial charge in [0.1, 0.15) is 0 Å². The van der Waals surface area contributed by atoms with Crippen LogP contribution in [-0.4, -0.2) is 28.6 Å². The molecule has 0 radical (unpaired) electrons. The maximum atomic E-state index is 12.4. The first-order chi connectivity index (χ1) is 15.8. The van der Waals surface area contributed by atoms with Crippen LogP contribution in [-0.2, 0) is 17.8 Å². The summed E-state index contributed by atoms with van der Waals surface area (Å²) in [4.78, 5) is 16.8. The number of unbranched alkanes of at least 4 members (excludes halogenated alkanes) is 7. The number of aryl methyl sites for hydroxylation is 1. The first-order valence-corrected chi connectivity index (χ1v) is 12.7. The summed E-state index contributed by atoms with van der Waals surface area (Å²) in [7, 11) is 0. The van der Waals surface area contributed by atoms with Crippen molar-refractivity contribution in [1.82, 2.24) is 20.8 Å². The Hall–Kier alpha value is -1.92. The zero-order valence-electron chi connectivity index (χ0n) is 20.1. The lowest BCUT2D eigenvalue weighted by Gasteiger charge is -2.14. The molecule has 2 aromatic rings. The van der Waals surface area contributed by atoms with E-state index in [0.29, 0.717) is 11.7 Å². The van der Waals surface area contributed by atoms with Crippen LogP contribution in [0.15, 0.2) is 28.8 Å². The van der Waals surface area contributed by atoms with Crippen molar-refractivity contribution in [3.8, 4) is 11.4 Å². The molecule has 1 atom stereocenters. The molecule has 1 aliphatic rings. The SMILES string of the molecule is CCCCCCCCCCc1ccc(-c2noc(CNC(=O)C3CCCCCN3)n2)cc1.Cl. The minimum Gasteiger partial charge on any atom is -0.346 e. The molecule has 1 aliphatic heterocycles. The topological polar surface area (TPSA) is 80.0 Å². The Morgan fingerprint density at radius 1 is 1.03 bits per heavy atom. The second-order valence-corrected chi connectivity index (χ2v) is 9.01. The summed E-state index contributed by atoms with van der Waals surface area (Å²) in [5, 5.41) is 10.3. The molecule has 6 nitrogen and oxygen atoms in total. The van der Waals surface area contributed by atoms with Gasteiger partial charge in [-0.2, -0.15) is 4.98 Å². The Balaban J connectivity index is 0.00000385. The van der Waals surface area contributed by atoms with Crippen LogP contribution in [0, 0.1) is 0 Å². The fraction of sp³-hybridized carbons (Fsp3) is 0.654. The number of carbonyl (C=O) groups excluding carboxylic acids is 1. The van der Waals surface area contributed by atoms with E-state index in [1.165, 1.54) is 63.4 Å². The smallest absolute Gasteiger partial charge is 0.246 e. The van der Waals surface area contributed by atoms with Crippen LogP contribution < -0.4 is 10.6 Å². The lowest BCUT2D eigenvalue weighted by Crippen LogP contribution is -2.43. The molecule has 2 heterocycles. The maximum Gasteiger partial charge on any atom is 0.246 e. The molecule has 184 valence electrons. The first kappa shape index (κ1) is 27.3. The molecular weight excluding hydrogens is 436 g/mol. The van der Waals surface area contributed by atoms with Gasteiger partial charge in [0.05, 0.1) is 12.6 Å². The predicted molar refractivity (Wildman–Crippen MR) is 135 cm³/mol. The van der Waals surface area contributed by atoms with Gasteiger partial charge in [-0.15, -0.1) is 12.4 Å². The van der Waals surface area contributed by atoms with Crippen LogP contribution in [0.3, 0.4) is 0 Å². The van der Waals surface area contributed by atoms with Gasteiger partial charge in [0.15, 0.2) is 0 Å². The fourth-order valence-corrected chi connectivity index (χ4v) is 4.27. The molecule has 0 bridgehead atoms. The van der Waals surface area contributed by atoms with Crippen LogP contribution in [0.4, 0.5) is 0 Å². The van der Waals surface area contributed by atoms with Crippen LogP contribution in [0.1, 0.15) is 95.4 Å². The number of benzene rings is 1. The standard InChI is InChI=1S/C26H40N4O2.ClH/c1-2-3-4-5-6-7-8-10-13-21-15-17-22(18-16-21)25-29-24(32-30-25)20-28-26(31)23-14-11-9-12-19-27-23;/h15-18,23,27H,2-14,19-20H2,1H3,(H,28,31);1H. The number of hydrogen-bond acceptors (Lipinski definition) is 5. The highest BCUT2D eigenvalue weighted by atomic mass is 35.5. The molecule has 7 heteroatoms. The Bertz CT molecular complexity index is 786. The number of hydrogen-bond donors (Lipinski definition) is 2. The molecule has 0 spiro atoms. The first-order valence-electron chi connectivity index (χ1n) is 12.7. The normalized spacial score (nSPS) is 16.1. The molecule has 33 heavy (non-hydrogen) atoms. The van der Waals surface area contributed by atoms with Gasteiger partial charge in [-0.05, 0) is 37.8 Å². The van der Waals surface area contributed by atoms with Crippen molar-refractivity contribution in [2.75, 3.05) is 6.54 Å². The molecule has 1 saturated heterocycles. The molecular formula is C26H41ClN4O2. The van der Waals surface area contributed by atoms with Gasteiger partial charge in [-0.3, -0.25) is 4.79 Å². The Labute approximate surface area is 205 Å².